The van der Waals surface area contributed by atoms with E-state index in [0.29, 0.717) is 16.7 Å². The molecule has 166 valence electrons. The molecule has 0 radical (unpaired) electrons. The number of hydrogen-bond donors (Lipinski definition) is 0. The number of piperidine rings is 1. The largest absolute Gasteiger partial charge is 0.493 e. The van der Waals surface area contributed by atoms with Crippen LogP contribution in [0.25, 0.3) is 0 Å². The summed E-state index contributed by atoms with van der Waals surface area (Å²) in [5.74, 6) is 1.62. The normalized spacial score (nSPS) is 37.1. The fourth-order valence-corrected chi connectivity index (χ4v) is 6.84. The number of methoxy groups -OCH3 is 1. The zero-order chi connectivity index (χ0) is 22.3. The van der Waals surface area contributed by atoms with Crippen LogP contribution in [0.4, 0.5) is 0 Å². The molecule has 31 heavy (non-hydrogen) atoms. The van der Waals surface area contributed by atoms with Gasteiger partial charge in [0.05, 0.1) is 30.2 Å². The Balaban J connectivity index is 1.66. The minimum absolute atomic E-state index is 0.0634. The van der Waals surface area contributed by atoms with E-state index in [9.17, 15) is 9.59 Å². The maximum atomic E-state index is 13.0. The van der Waals surface area contributed by atoms with Crippen molar-refractivity contribution >= 4 is 11.8 Å². The van der Waals surface area contributed by atoms with E-state index in [0.717, 1.165) is 24.2 Å². The number of rotatable bonds is 4. The van der Waals surface area contributed by atoms with Crippen molar-refractivity contribution in [2.75, 3.05) is 13.8 Å². The molecule has 1 saturated heterocycles. The number of esters is 1. The predicted octanol–water partition coefficient (Wildman–Crippen LogP) is 4.03. The number of fused-ring (bicyclic) bond motifs is 2. The molecule has 1 saturated carbocycles. The Morgan fingerprint density at radius 2 is 2.13 bits per heavy atom. The third kappa shape index (κ3) is 2.37. The minimum atomic E-state index is -0.566. The number of quaternary nitrogens is 1. The van der Waals surface area contributed by atoms with E-state index in [4.69, 9.17) is 14.2 Å². The first-order chi connectivity index (χ1) is 14.6. The third-order valence-electron chi connectivity index (χ3n) is 8.38. The molecule has 2 aliphatic heterocycles. The Labute approximate surface area is 183 Å². The highest BCUT2D eigenvalue weighted by molar-refractivity contribution is 5.89. The van der Waals surface area contributed by atoms with Gasteiger partial charge in [-0.3, -0.25) is 14.1 Å². The van der Waals surface area contributed by atoms with Crippen molar-refractivity contribution in [2.24, 2.45) is 11.3 Å². The molecule has 6 unspecified atom stereocenters. The molecule has 0 amide bonds. The summed E-state index contributed by atoms with van der Waals surface area (Å²) in [7, 11) is 1.64. The molecular weight excluding hydrogens is 394 g/mol. The van der Waals surface area contributed by atoms with E-state index in [2.05, 4.69) is 19.6 Å². The van der Waals surface area contributed by atoms with Gasteiger partial charge in [0.2, 0.25) is 6.73 Å². The van der Waals surface area contributed by atoms with Gasteiger partial charge in [0, 0.05) is 29.9 Å². The number of hydrogen-bond acceptors (Lipinski definition) is 5. The van der Waals surface area contributed by atoms with Crippen LogP contribution in [0.1, 0.15) is 64.1 Å². The summed E-state index contributed by atoms with van der Waals surface area (Å²) in [4.78, 5) is 25.7. The molecule has 1 aromatic carbocycles. The Hall–Kier alpha value is -2.34. The second-order valence-electron chi connectivity index (χ2n) is 10.7. The standard InChI is InChI=1S/C25H32NO5/c1-7-26(13-30-23(28)24(3,4)5)14(2)16-9-10-18(27)22-25(16)12-17(26)15-8-11-19(29-6)21(31-22)20(15)25/h7-8,11,14,16-17,22H,1,9-10,12-13H2,2-6H3/q+1. The second kappa shape index (κ2) is 6.35. The summed E-state index contributed by atoms with van der Waals surface area (Å²) in [6.45, 7) is 12.3. The van der Waals surface area contributed by atoms with E-state index in [1.54, 1.807) is 7.11 Å². The summed E-state index contributed by atoms with van der Waals surface area (Å²) < 4.78 is 18.3. The van der Waals surface area contributed by atoms with Crippen LogP contribution in [0, 0.1) is 11.3 Å². The molecule has 6 heteroatoms. The van der Waals surface area contributed by atoms with Crippen molar-refractivity contribution < 1.29 is 28.3 Å². The van der Waals surface area contributed by atoms with Crippen LogP contribution in [0.3, 0.4) is 0 Å². The van der Waals surface area contributed by atoms with Crippen LogP contribution in [-0.4, -0.2) is 42.2 Å². The molecule has 4 aliphatic rings. The smallest absolute Gasteiger partial charge is 0.315 e. The van der Waals surface area contributed by atoms with Gasteiger partial charge < -0.3 is 14.2 Å². The van der Waals surface area contributed by atoms with Gasteiger partial charge in [0.25, 0.3) is 0 Å². The van der Waals surface area contributed by atoms with E-state index < -0.39 is 11.5 Å². The summed E-state index contributed by atoms with van der Waals surface area (Å²) in [5.41, 5.74) is 1.44. The lowest BCUT2D eigenvalue weighted by atomic mass is 9.57. The van der Waals surface area contributed by atoms with Gasteiger partial charge in [-0.15, -0.1) is 0 Å². The molecule has 1 aromatic rings. The Morgan fingerprint density at radius 3 is 2.77 bits per heavy atom. The van der Waals surface area contributed by atoms with Crippen molar-refractivity contribution in [2.45, 2.75) is 70.6 Å². The van der Waals surface area contributed by atoms with Gasteiger partial charge in [-0.2, -0.15) is 0 Å². The Morgan fingerprint density at radius 1 is 1.39 bits per heavy atom. The minimum Gasteiger partial charge on any atom is -0.493 e. The van der Waals surface area contributed by atoms with Crippen LogP contribution in [0.15, 0.2) is 24.9 Å². The number of Topliss-reactive ketones (excluding diaryl/α,β-unsaturated/α-hetero) is 1. The average molecular weight is 427 g/mol. The number of nitrogens with zero attached hydrogens (tertiary/aromatic N) is 1. The lowest BCUT2D eigenvalue weighted by Crippen LogP contribution is -2.67. The molecule has 2 heterocycles. The van der Waals surface area contributed by atoms with Crippen LogP contribution in [0.2, 0.25) is 0 Å². The van der Waals surface area contributed by atoms with E-state index in [1.807, 2.05) is 33.0 Å². The van der Waals surface area contributed by atoms with Gasteiger partial charge in [0.1, 0.15) is 6.04 Å². The van der Waals surface area contributed by atoms with Crippen LogP contribution >= 0.6 is 0 Å². The molecule has 2 aliphatic carbocycles. The van der Waals surface area contributed by atoms with Gasteiger partial charge >= 0.3 is 5.97 Å². The van der Waals surface area contributed by atoms with Gasteiger partial charge in [0.15, 0.2) is 23.4 Å². The molecule has 1 spiro atoms. The average Bonchev–Trinajstić information content (AvgIpc) is 3.23. The van der Waals surface area contributed by atoms with E-state index >= 15 is 0 Å². The number of ketones is 1. The summed E-state index contributed by atoms with van der Waals surface area (Å²) in [6.07, 6.45) is 3.63. The second-order valence-corrected chi connectivity index (χ2v) is 10.7. The zero-order valence-corrected chi connectivity index (χ0v) is 19.1. The van der Waals surface area contributed by atoms with Crippen LogP contribution < -0.4 is 9.47 Å². The van der Waals surface area contributed by atoms with E-state index in [1.165, 1.54) is 5.56 Å². The van der Waals surface area contributed by atoms with E-state index in [-0.39, 0.29) is 41.9 Å². The van der Waals surface area contributed by atoms with Crippen LogP contribution in [-0.2, 0) is 19.7 Å². The molecule has 5 rings (SSSR count). The zero-order valence-electron chi connectivity index (χ0n) is 19.1. The topological polar surface area (TPSA) is 61.8 Å². The van der Waals surface area contributed by atoms with Crippen molar-refractivity contribution in [3.05, 3.63) is 36.0 Å². The van der Waals surface area contributed by atoms with Crippen molar-refractivity contribution in [3.8, 4) is 11.5 Å². The summed E-state index contributed by atoms with van der Waals surface area (Å²) in [5, 5.41) is 0. The van der Waals surface area contributed by atoms with Crippen molar-refractivity contribution in [1.29, 1.82) is 0 Å². The maximum absolute atomic E-state index is 13.0. The summed E-state index contributed by atoms with van der Waals surface area (Å²) in [6, 6.07) is 4.24. The Bertz CT molecular complexity index is 994. The van der Waals surface area contributed by atoms with Crippen molar-refractivity contribution in [1.82, 2.24) is 0 Å². The monoisotopic (exact) mass is 426 g/mol. The third-order valence-corrected chi connectivity index (χ3v) is 8.38. The van der Waals surface area contributed by atoms with Gasteiger partial charge in [-0.1, -0.05) is 0 Å². The quantitative estimate of drug-likeness (QED) is 0.537. The highest BCUT2D eigenvalue weighted by atomic mass is 16.6. The number of carbonyl (C=O) groups excluding carboxylic acids is 2. The molecule has 0 aromatic heterocycles. The molecule has 0 N–H and O–H groups in total. The molecule has 6 nitrogen and oxygen atoms in total. The SMILES string of the molecule is C=C[N+]1(COC(=O)C(C)(C)C)C2CC34c5c2ccc(OC)c5OC3C(=O)CCC4C1C. The first-order valence-electron chi connectivity index (χ1n) is 11.2. The highest BCUT2D eigenvalue weighted by Gasteiger charge is 2.73. The fraction of sp³-hybridized carbons (Fsp3) is 0.600. The molecule has 2 bridgehead atoms. The predicted molar refractivity (Wildman–Crippen MR) is 115 cm³/mol. The highest BCUT2D eigenvalue weighted by Crippen LogP contribution is 2.70. The lowest BCUT2D eigenvalue weighted by Gasteiger charge is -2.56. The van der Waals surface area contributed by atoms with Gasteiger partial charge in [-0.25, -0.2) is 0 Å². The summed E-state index contributed by atoms with van der Waals surface area (Å²) >= 11 is 0. The number of benzene rings is 1. The molecule has 6 atom stereocenters. The number of ether oxygens (including phenoxy) is 3. The maximum Gasteiger partial charge on any atom is 0.315 e. The fourth-order valence-electron chi connectivity index (χ4n) is 6.84. The Kier molecular flexibility index (Phi) is 4.21. The van der Waals surface area contributed by atoms with Gasteiger partial charge in [-0.05, 0) is 52.8 Å². The van der Waals surface area contributed by atoms with Crippen LogP contribution in [0.5, 0.6) is 11.5 Å². The lowest BCUT2D eigenvalue weighted by molar-refractivity contribution is -0.956. The molecule has 2 fully saturated rings. The molecular formula is C25H32NO5+. The first kappa shape index (κ1) is 20.6. The number of likely N-dealkylation sites (tertiary alicyclic amines) is 1. The first-order valence-corrected chi connectivity index (χ1v) is 11.2. The number of carbonyl (C=O) groups is 2. The van der Waals surface area contributed by atoms with Crippen molar-refractivity contribution in [3.63, 3.8) is 0 Å².